The van der Waals surface area contributed by atoms with Crippen LogP contribution in [-0.4, -0.2) is 25.8 Å². The molecule has 4 nitrogen and oxygen atoms in total. The minimum Gasteiger partial charge on any atom is -0.351 e. The van der Waals surface area contributed by atoms with Crippen LogP contribution in [0.15, 0.2) is 48.5 Å². The van der Waals surface area contributed by atoms with Gasteiger partial charge < -0.3 is 5.32 Å². The average molecular weight is 331 g/mol. The molecular weight excluding hydrogens is 310 g/mol. The normalized spacial score (nSPS) is 12.7. The predicted octanol–water partition coefficient (Wildman–Crippen LogP) is 2.71. The Morgan fingerprint density at radius 2 is 1.74 bits per heavy atom. The average Bonchev–Trinajstić information content (AvgIpc) is 2.51. The predicted molar refractivity (Wildman–Crippen MR) is 92.8 cm³/mol. The van der Waals surface area contributed by atoms with Gasteiger partial charge in [-0.05, 0) is 30.5 Å². The summed E-state index contributed by atoms with van der Waals surface area (Å²) in [5.74, 6) is -0.477. The van der Waals surface area contributed by atoms with Crippen LogP contribution in [0.5, 0.6) is 0 Å². The third-order valence-electron chi connectivity index (χ3n) is 3.78. The van der Waals surface area contributed by atoms with Gasteiger partial charge in [-0.25, -0.2) is 8.42 Å². The third kappa shape index (κ3) is 4.66. The molecule has 0 aliphatic rings. The number of sulfone groups is 1. The topological polar surface area (TPSA) is 63.2 Å². The zero-order valence-electron chi connectivity index (χ0n) is 13.5. The minimum atomic E-state index is -3.37. The molecule has 23 heavy (non-hydrogen) atoms. The van der Waals surface area contributed by atoms with Gasteiger partial charge in [0.25, 0.3) is 0 Å². The Morgan fingerprint density at radius 1 is 1.09 bits per heavy atom. The molecule has 1 amide bonds. The van der Waals surface area contributed by atoms with Crippen molar-refractivity contribution in [2.45, 2.75) is 25.6 Å². The summed E-state index contributed by atoms with van der Waals surface area (Å²) in [6, 6.07) is 16.1. The Kier molecular flexibility index (Phi) is 5.21. The quantitative estimate of drug-likeness (QED) is 0.916. The molecule has 0 unspecified atom stereocenters. The Balaban J connectivity index is 2.02. The lowest BCUT2D eigenvalue weighted by Crippen LogP contribution is -2.36. The van der Waals surface area contributed by atoms with Gasteiger partial charge >= 0.3 is 0 Å². The maximum Gasteiger partial charge on any atom is 0.238 e. The lowest BCUT2D eigenvalue weighted by molar-refractivity contribution is -0.120. The van der Waals surface area contributed by atoms with Gasteiger partial charge in [0.05, 0.1) is 0 Å². The smallest absolute Gasteiger partial charge is 0.238 e. The Labute approximate surface area is 137 Å². The number of nitrogens with one attached hydrogen (secondary N) is 1. The largest absolute Gasteiger partial charge is 0.351 e. The molecule has 0 saturated heterocycles. The molecule has 0 spiro atoms. The van der Waals surface area contributed by atoms with E-state index in [1.807, 2.05) is 30.3 Å². The molecule has 2 aromatic carbocycles. The van der Waals surface area contributed by atoms with E-state index >= 15 is 0 Å². The van der Waals surface area contributed by atoms with Gasteiger partial charge in [-0.15, -0.1) is 0 Å². The van der Waals surface area contributed by atoms with Gasteiger partial charge in [0.15, 0.2) is 9.84 Å². The molecule has 2 rings (SSSR count). The first-order chi connectivity index (χ1) is 10.8. The second kappa shape index (κ2) is 6.96. The van der Waals surface area contributed by atoms with Gasteiger partial charge in [-0.3, -0.25) is 4.79 Å². The second-order valence-electron chi connectivity index (χ2n) is 5.76. The maximum atomic E-state index is 11.8. The Morgan fingerprint density at radius 3 is 2.30 bits per heavy atom. The van der Waals surface area contributed by atoms with Gasteiger partial charge in [-0.1, -0.05) is 54.1 Å². The standard InChI is InChI=1S/C18H21NO3S/c1-13-5-4-6-17(11-13)16-9-7-15(8-10-16)12-19-18(20)14(2)23(3,21)22/h4-11,14H,12H2,1-3H3,(H,19,20)/t14-/m0/s1. The van der Waals surface area contributed by atoms with Gasteiger partial charge in [0.1, 0.15) is 5.25 Å². The zero-order chi connectivity index (χ0) is 17.0. The van der Waals surface area contributed by atoms with Gasteiger partial charge in [-0.2, -0.15) is 0 Å². The SMILES string of the molecule is Cc1cccc(-c2ccc(CNC(=O)[C@H](C)S(C)(=O)=O)cc2)c1. The molecule has 0 aliphatic carbocycles. The van der Waals surface area contributed by atoms with E-state index in [-0.39, 0.29) is 0 Å². The first kappa shape index (κ1) is 17.2. The monoisotopic (exact) mass is 331 g/mol. The van der Waals surface area contributed by atoms with Gasteiger partial charge in [0.2, 0.25) is 5.91 Å². The van der Waals surface area contributed by atoms with Crippen LogP contribution < -0.4 is 5.32 Å². The number of amides is 1. The zero-order valence-corrected chi connectivity index (χ0v) is 14.4. The number of aryl methyl sites for hydroxylation is 1. The molecule has 1 atom stereocenters. The Hall–Kier alpha value is -2.14. The molecule has 0 aliphatic heterocycles. The summed E-state index contributed by atoms with van der Waals surface area (Å²) >= 11 is 0. The van der Waals surface area contributed by atoms with Crippen molar-refractivity contribution in [3.63, 3.8) is 0 Å². The van der Waals surface area contributed by atoms with E-state index in [4.69, 9.17) is 0 Å². The number of hydrogen-bond donors (Lipinski definition) is 1. The number of carbonyl (C=O) groups is 1. The molecule has 0 saturated carbocycles. The summed E-state index contributed by atoms with van der Waals surface area (Å²) < 4.78 is 22.7. The van der Waals surface area contributed by atoms with Gasteiger partial charge in [0, 0.05) is 12.8 Å². The highest BCUT2D eigenvalue weighted by molar-refractivity contribution is 7.92. The molecule has 0 bridgehead atoms. The molecule has 0 heterocycles. The molecule has 5 heteroatoms. The fraction of sp³-hybridized carbons (Fsp3) is 0.278. The number of rotatable bonds is 5. The van der Waals surface area contributed by atoms with Crippen molar-refractivity contribution in [1.29, 1.82) is 0 Å². The van der Waals surface area contributed by atoms with E-state index in [1.165, 1.54) is 12.5 Å². The summed E-state index contributed by atoms with van der Waals surface area (Å²) in [5, 5.41) is 1.62. The molecule has 1 N–H and O–H groups in total. The summed E-state index contributed by atoms with van der Waals surface area (Å²) in [6.45, 7) is 3.76. The van der Waals surface area contributed by atoms with E-state index in [0.717, 1.165) is 22.9 Å². The van der Waals surface area contributed by atoms with Crippen molar-refractivity contribution in [3.8, 4) is 11.1 Å². The number of carbonyl (C=O) groups excluding carboxylic acids is 1. The van der Waals surface area contributed by atoms with E-state index in [2.05, 4.69) is 30.4 Å². The maximum absolute atomic E-state index is 11.8. The van der Waals surface area contributed by atoms with E-state index in [1.54, 1.807) is 0 Å². The van der Waals surface area contributed by atoms with Crippen LogP contribution in [0, 0.1) is 6.92 Å². The molecule has 122 valence electrons. The number of hydrogen-bond acceptors (Lipinski definition) is 3. The summed E-state index contributed by atoms with van der Waals surface area (Å²) in [7, 11) is -3.37. The molecule has 0 radical (unpaired) electrons. The van der Waals surface area contributed by atoms with Crippen LogP contribution in [0.2, 0.25) is 0 Å². The first-order valence-corrected chi connectivity index (χ1v) is 9.35. The first-order valence-electron chi connectivity index (χ1n) is 7.40. The van der Waals surface area contributed by atoms with Crippen molar-refractivity contribution in [2.24, 2.45) is 0 Å². The fourth-order valence-electron chi connectivity index (χ4n) is 2.17. The van der Waals surface area contributed by atoms with Crippen molar-refractivity contribution in [3.05, 3.63) is 59.7 Å². The molecular formula is C18H21NO3S. The second-order valence-corrected chi connectivity index (χ2v) is 8.12. The minimum absolute atomic E-state index is 0.312. The van der Waals surface area contributed by atoms with E-state index in [9.17, 15) is 13.2 Å². The molecule has 0 aromatic heterocycles. The highest BCUT2D eigenvalue weighted by atomic mass is 32.2. The highest BCUT2D eigenvalue weighted by Crippen LogP contribution is 2.20. The highest BCUT2D eigenvalue weighted by Gasteiger charge is 2.22. The van der Waals surface area contributed by atoms with Crippen LogP contribution in [0.25, 0.3) is 11.1 Å². The molecule has 2 aromatic rings. The number of benzene rings is 2. The fourth-order valence-corrected chi connectivity index (χ4v) is 2.64. The summed E-state index contributed by atoms with van der Waals surface area (Å²) in [6.07, 6.45) is 1.06. The lowest BCUT2D eigenvalue weighted by atomic mass is 10.0. The Bertz CT molecular complexity index is 795. The van der Waals surface area contributed by atoms with Crippen molar-refractivity contribution in [2.75, 3.05) is 6.26 Å². The van der Waals surface area contributed by atoms with Crippen molar-refractivity contribution in [1.82, 2.24) is 5.32 Å². The summed E-state index contributed by atoms with van der Waals surface area (Å²) in [5.41, 5.74) is 4.38. The van der Waals surface area contributed by atoms with Crippen LogP contribution in [0.1, 0.15) is 18.1 Å². The summed E-state index contributed by atoms with van der Waals surface area (Å²) in [4.78, 5) is 11.8. The van der Waals surface area contributed by atoms with Crippen molar-refractivity contribution < 1.29 is 13.2 Å². The van der Waals surface area contributed by atoms with Crippen molar-refractivity contribution >= 4 is 15.7 Å². The third-order valence-corrected chi connectivity index (χ3v) is 5.28. The molecule has 0 fully saturated rings. The van der Waals surface area contributed by atoms with Crippen LogP contribution in [0.3, 0.4) is 0 Å². The van der Waals surface area contributed by atoms with Crippen LogP contribution >= 0.6 is 0 Å². The van der Waals surface area contributed by atoms with E-state index < -0.39 is 21.0 Å². The van der Waals surface area contributed by atoms with E-state index in [0.29, 0.717) is 6.54 Å². The lowest BCUT2D eigenvalue weighted by Gasteiger charge is -2.11. The van der Waals surface area contributed by atoms with Crippen LogP contribution in [-0.2, 0) is 21.2 Å². The van der Waals surface area contributed by atoms with Crippen LogP contribution in [0.4, 0.5) is 0 Å².